The Hall–Kier alpha value is -0.290. The predicted molar refractivity (Wildman–Crippen MR) is 46.6 cm³/mol. The van der Waals surface area contributed by atoms with E-state index in [1.54, 1.807) is 0 Å². The minimum atomic E-state index is -4.14. The molecule has 84 valence electrons. The number of aliphatic hydroxyl groups excluding tert-OH is 1. The van der Waals surface area contributed by atoms with Gasteiger partial charge < -0.3 is 10.8 Å². The SMILES string of the molecule is NC1(CCO)CCCC(C(F)(F)F)C1. The molecule has 0 radical (unpaired) electrons. The van der Waals surface area contributed by atoms with Crippen LogP contribution in [-0.4, -0.2) is 23.4 Å². The number of nitrogens with two attached hydrogens (primary N) is 1. The minimum Gasteiger partial charge on any atom is -0.396 e. The molecule has 0 aromatic heterocycles. The maximum atomic E-state index is 12.4. The van der Waals surface area contributed by atoms with E-state index >= 15 is 0 Å². The Balaban J connectivity index is 2.59. The Kier molecular flexibility index (Phi) is 3.42. The highest BCUT2D eigenvalue weighted by atomic mass is 19.4. The number of hydrogen-bond donors (Lipinski definition) is 2. The van der Waals surface area contributed by atoms with E-state index in [4.69, 9.17) is 10.8 Å². The van der Waals surface area contributed by atoms with Crippen molar-refractivity contribution < 1.29 is 18.3 Å². The molecule has 0 saturated heterocycles. The molecule has 0 aromatic carbocycles. The Bertz CT molecular complexity index is 191. The molecule has 0 bridgehead atoms. The molecule has 1 rings (SSSR count). The lowest BCUT2D eigenvalue weighted by Gasteiger charge is -2.38. The van der Waals surface area contributed by atoms with Crippen molar-refractivity contribution in [2.75, 3.05) is 6.61 Å². The van der Waals surface area contributed by atoms with Crippen molar-refractivity contribution in [3.63, 3.8) is 0 Å². The van der Waals surface area contributed by atoms with Crippen molar-refractivity contribution in [2.24, 2.45) is 11.7 Å². The first kappa shape index (κ1) is 11.8. The second kappa shape index (κ2) is 4.06. The van der Waals surface area contributed by atoms with Gasteiger partial charge in [0.05, 0.1) is 5.92 Å². The van der Waals surface area contributed by atoms with E-state index < -0.39 is 17.6 Å². The summed E-state index contributed by atoms with van der Waals surface area (Å²) in [6.07, 6.45) is -2.66. The summed E-state index contributed by atoms with van der Waals surface area (Å²) in [5.41, 5.74) is 4.98. The Morgan fingerprint density at radius 2 is 2.07 bits per heavy atom. The molecule has 0 spiro atoms. The molecule has 0 heterocycles. The number of halogens is 3. The highest BCUT2D eigenvalue weighted by molar-refractivity contribution is 4.92. The molecule has 5 heteroatoms. The van der Waals surface area contributed by atoms with Gasteiger partial charge in [0.15, 0.2) is 0 Å². The van der Waals surface area contributed by atoms with E-state index in [9.17, 15) is 13.2 Å². The van der Waals surface area contributed by atoms with Crippen LogP contribution >= 0.6 is 0 Å². The molecule has 1 aliphatic rings. The van der Waals surface area contributed by atoms with Gasteiger partial charge in [-0.05, 0) is 25.7 Å². The average Bonchev–Trinajstić information content (AvgIpc) is 2.02. The largest absolute Gasteiger partial charge is 0.396 e. The Morgan fingerprint density at radius 1 is 1.43 bits per heavy atom. The van der Waals surface area contributed by atoms with Crippen LogP contribution in [0.4, 0.5) is 13.2 Å². The molecule has 0 aromatic rings. The van der Waals surface area contributed by atoms with E-state index in [0.29, 0.717) is 12.8 Å². The number of rotatable bonds is 2. The van der Waals surface area contributed by atoms with E-state index in [2.05, 4.69) is 0 Å². The summed E-state index contributed by atoms with van der Waals surface area (Å²) in [5.74, 6) is -1.28. The number of alkyl halides is 3. The third kappa shape index (κ3) is 2.85. The van der Waals surface area contributed by atoms with Crippen molar-refractivity contribution in [1.29, 1.82) is 0 Å². The van der Waals surface area contributed by atoms with Crippen LogP contribution in [-0.2, 0) is 0 Å². The van der Waals surface area contributed by atoms with Gasteiger partial charge in [-0.15, -0.1) is 0 Å². The van der Waals surface area contributed by atoms with Gasteiger partial charge in [0.1, 0.15) is 0 Å². The van der Waals surface area contributed by atoms with Crippen LogP contribution in [0.15, 0.2) is 0 Å². The van der Waals surface area contributed by atoms with Gasteiger partial charge in [0, 0.05) is 12.1 Å². The van der Waals surface area contributed by atoms with Crippen LogP contribution in [0, 0.1) is 5.92 Å². The molecule has 0 amide bonds. The lowest BCUT2D eigenvalue weighted by Crippen LogP contribution is -2.47. The maximum absolute atomic E-state index is 12.4. The van der Waals surface area contributed by atoms with Gasteiger partial charge in [-0.2, -0.15) is 13.2 Å². The van der Waals surface area contributed by atoms with Crippen LogP contribution in [0.3, 0.4) is 0 Å². The van der Waals surface area contributed by atoms with Gasteiger partial charge in [0.25, 0.3) is 0 Å². The molecule has 1 saturated carbocycles. The van der Waals surface area contributed by atoms with Crippen molar-refractivity contribution in [2.45, 2.75) is 43.8 Å². The fourth-order valence-corrected chi connectivity index (χ4v) is 2.12. The summed E-state index contributed by atoms with van der Waals surface area (Å²) < 4.78 is 37.2. The zero-order valence-electron chi connectivity index (χ0n) is 7.98. The summed E-state index contributed by atoms with van der Waals surface area (Å²) in [5, 5.41) is 8.71. The summed E-state index contributed by atoms with van der Waals surface area (Å²) in [6, 6.07) is 0. The molecular weight excluding hydrogens is 195 g/mol. The average molecular weight is 211 g/mol. The highest BCUT2D eigenvalue weighted by Gasteiger charge is 2.45. The van der Waals surface area contributed by atoms with Gasteiger partial charge in [0.2, 0.25) is 0 Å². The number of hydrogen-bond acceptors (Lipinski definition) is 2. The zero-order chi connectivity index (χ0) is 10.8. The van der Waals surface area contributed by atoms with Crippen molar-refractivity contribution in [3.05, 3.63) is 0 Å². The maximum Gasteiger partial charge on any atom is 0.391 e. The normalized spacial score (nSPS) is 34.5. The third-order valence-corrected chi connectivity index (χ3v) is 2.95. The highest BCUT2D eigenvalue weighted by Crippen LogP contribution is 2.41. The smallest absolute Gasteiger partial charge is 0.391 e. The summed E-state index contributed by atoms with van der Waals surface area (Å²) in [6.45, 7) is -0.138. The quantitative estimate of drug-likeness (QED) is 0.731. The van der Waals surface area contributed by atoms with Crippen molar-refractivity contribution in [3.8, 4) is 0 Å². The molecule has 2 atom stereocenters. The number of aliphatic hydroxyl groups is 1. The van der Waals surface area contributed by atoms with Crippen LogP contribution < -0.4 is 5.73 Å². The second-order valence-electron chi connectivity index (χ2n) is 4.17. The Morgan fingerprint density at radius 3 is 2.57 bits per heavy atom. The molecule has 2 nitrogen and oxygen atoms in total. The van der Waals surface area contributed by atoms with Crippen LogP contribution in [0.1, 0.15) is 32.1 Å². The van der Waals surface area contributed by atoms with Gasteiger partial charge in [-0.25, -0.2) is 0 Å². The van der Waals surface area contributed by atoms with Crippen LogP contribution in [0.5, 0.6) is 0 Å². The molecule has 0 aliphatic heterocycles. The first-order valence-corrected chi connectivity index (χ1v) is 4.84. The lowest BCUT2D eigenvalue weighted by atomic mass is 9.74. The molecule has 1 aliphatic carbocycles. The fraction of sp³-hybridized carbons (Fsp3) is 1.00. The third-order valence-electron chi connectivity index (χ3n) is 2.95. The van der Waals surface area contributed by atoms with Crippen LogP contribution in [0.2, 0.25) is 0 Å². The Labute approximate surface area is 81.3 Å². The molecule has 3 N–H and O–H groups in total. The van der Waals surface area contributed by atoms with E-state index in [1.807, 2.05) is 0 Å². The first-order chi connectivity index (χ1) is 6.37. The fourth-order valence-electron chi connectivity index (χ4n) is 2.12. The summed E-state index contributed by atoms with van der Waals surface area (Å²) in [7, 11) is 0. The lowest BCUT2D eigenvalue weighted by molar-refractivity contribution is -0.187. The monoisotopic (exact) mass is 211 g/mol. The molecule has 2 unspecified atom stereocenters. The topological polar surface area (TPSA) is 46.2 Å². The summed E-state index contributed by atoms with van der Waals surface area (Å²) >= 11 is 0. The predicted octanol–water partition coefficient (Wildman–Crippen LogP) is 1.82. The second-order valence-corrected chi connectivity index (χ2v) is 4.17. The standard InChI is InChI=1S/C9H16F3NO/c10-9(11,12)7-2-1-3-8(13,6-7)4-5-14/h7,14H,1-6,13H2. The molecule has 1 fully saturated rings. The van der Waals surface area contributed by atoms with E-state index in [1.165, 1.54) is 0 Å². The van der Waals surface area contributed by atoms with Crippen molar-refractivity contribution >= 4 is 0 Å². The molecular formula is C9H16F3NO. The van der Waals surface area contributed by atoms with Crippen LogP contribution in [0.25, 0.3) is 0 Å². The van der Waals surface area contributed by atoms with Gasteiger partial charge >= 0.3 is 6.18 Å². The first-order valence-electron chi connectivity index (χ1n) is 4.84. The van der Waals surface area contributed by atoms with Gasteiger partial charge in [-0.1, -0.05) is 6.42 Å². The summed E-state index contributed by atoms with van der Waals surface area (Å²) in [4.78, 5) is 0. The molecule has 14 heavy (non-hydrogen) atoms. The minimum absolute atomic E-state index is 0.0446. The van der Waals surface area contributed by atoms with E-state index in [-0.39, 0.29) is 25.9 Å². The van der Waals surface area contributed by atoms with Gasteiger partial charge in [-0.3, -0.25) is 0 Å². The zero-order valence-corrected chi connectivity index (χ0v) is 7.98. The van der Waals surface area contributed by atoms with E-state index in [0.717, 1.165) is 0 Å². The van der Waals surface area contributed by atoms with Crippen molar-refractivity contribution in [1.82, 2.24) is 0 Å².